The van der Waals surface area contributed by atoms with Gasteiger partial charge in [-0.2, -0.15) is 0 Å². The van der Waals surface area contributed by atoms with Gasteiger partial charge in [0.1, 0.15) is 22.2 Å². The number of rotatable bonds is 8. The molecule has 0 saturated carbocycles. The van der Waals surface area contributed by atoms with Crippen molar-refractivity contribution < 1.29 is 17.9 Å². The van der Waals surface area contributed by atoms with Crippen LogP contribution in [0, 0.1) is 0 Å². The van der Waals surface area contributed by atoms with Crippen molar-refractivity contribution in [1.29, 1.82) is 0 Å². The third-order valence-electron chi connectivity index (χ3n) is 5.51. The number of anilines is 1. The van der Waals surface area contributed by atoms with Crippen LogP contribution < -0.4 is 9.64 Å². The summed E-state index contributed by atoms with van der Waals surface area (Å²) in [6, 6.07) is 24.1. The molecule has 6 nitrogen and oxygen atoms in total. The zero-order valence-electron chi connectivity index (χ0n) is 18.2. The molecule has 0 N–H and O–H groups in total. The predicted octanol–water partition coefficient (Wildman–Crippen LogP) is 4.95. The van der Waals surface area contributed by atoms with E-state index in [1.807, 2.05) is 54.6 Å². The second kappa shape index (κ2) is 9.85. The highest BCUT2D eigenvalue weighted by molar-refractivity contribution is 7.90. The first-order valence-electron chi connectivity index (χ1n) is 10.6. The van der Waals surface area contributed by atoms with E-state index in [1.165, 1.54) is 6.26 Å². The van der Waals surface area contributed by atoms with Gasteiger partial charge in [0.15, 0.2) is 0 Å². The van der Waals surface area contributed by atoms with Crippen molar-refractivity contribution in [1.82, 2.24) is 4.90 Å². The van der Waals surface area contributed by atoms with Crippen LogP contribution >= 0.6 is 11.6 Å². The molecule has 1 heterocycles. The number of sulfone groups is 1. The Hall–Kier alpha value is -3.03. The Morgan fingerprint density at radius 3 is 2.42 bits per heavy atom. The van der Waals surface area contributed by atoms with Gasteiger partial charge in [-0.15, -0.1) is 0 Å². The quantitative estimate of drug-likeness (QED) is 0.454. The van der Waals surface area contributed by atoms with Gasteiger partial charge in [0.2, 0.25) is 0 Å². The average Bonchev–Trinajstić information content (AvgIpc) is 3.13. The topological polar surface area (TPSA) is 66.9 Å². The number of benzene rings is 3. The number of nitrogens with zero attached hydrogens (tertiary/aromatic N) is 2. The first kappa shape index (κ1) is 23.1. The van der Waals surface area contributed by atoms with E-state index in [0.29, 0.717) is 29.6 Å². The lowest BCUT2D eigenvalue weighted by atomic mass is 10.1. The Bertz CT molecular complexity index is 1220. The summed E-state index contributed by atoms with van der Waals surface area (Å²) >= 11 is 6.05. The van der Waals surface area contributed by atoms with Crippen LogP contribution in [0.1, 0.15) is 17.2 Å². The van der Waals surface area contributed by atoms with Gasteiger partial charge in [-0.3, -0.25) is 4.90 Å². The van der Waals surface area contributed by atoms with Gasteiger partial charge in [0.25, 0.3) is 0 Å². The summed E-state index contributed by atoms with van der Waals surface area (Å²) in [5, 5.41) is 0.576. The minimum atomic E-state index is -3.20. The first-order chi connectivity index (χ1) is 15.8. The van der Waals surface area contributed by atoms with Crippen LogP contribution in [0.4, 0.5) is 10.5 Å². The molecule has 0 bridgehead atoms. The maximum atomic E-state index is 13.3. The highest BCUT2D eigenvalue weighted by Gasteiger charge is 2.39. The second-order valence-electron chi connectivity index (χ2n) is 8.07. The molecule has 0 spiro atoms. The number of amides is 2. The molecule has 0 radical (unpaired) electrons. The minimum absolute atomic E-state index is 0.0832. The van der Waals surface area contributed by atoms with E-state index in [0.717, 1.165) is 11.1 Å². The molecule has 1 atom stereocenters. The highest BCUT2D eigenvalue weighted by Crippen LogP contribution is 2.36. The van der Waals surface area contributed by atoms with Crippen molar-refractivity contribution in [3.05, 3.63) is 95.0 Å². The van der Waals surface area contributed by atoms with E-state index in [4.69, 9.17) is 16.3 Å². The summed E-state index contributed by atoms with van der Waals surface area (Å²) in [5.41, 5.74) is 2.67. The highest BCUT2D eigenvalue weighted by atomic mass is 35.5. The first-order valence-corrected chi connectivity index (χ1v) is 13.0. The molecule has 8 heteroatoms. The molecule has 33 heavy (non-hydrogen) atoms. The Labute approximate surface area is 199 Å². The van der Waals surface area contributed by atoms with E-state index in [2.05, 4.69) is 0 Å². The van der Waals surface area contributed by atoms with Crippen molar-refractivity contribution in [3.8, 4) is 5.75 Å². The number of hydrogen-bond donors (Lipinski definition) is 0. The summed E-state index contributed by atoms with van der Waals surface area (Å²) < 4.78 is 29.4. The lowest BCUT2D eigenvalue weighted by Crippen LogP contribution is -2.35. The molecule has 2 amide bonds. The third-order valence-corrected chi connectivity index (χ3v) is 6.69. The maximum Gasteiger partial charge on any atom is 0.325 e. The molecule has 0 aromatic heterocycles. The van der Waals surface area contributed by atoms with E-state index < -0.39 is 9.84 Å². The average molecular weight is 485 g/mol. The Balaban J connectivity index is 1.60. The Kier molecular flexibility index (Phi) is 6.91. The van der Waals surface area contributed by atoms with Gasteiger partial charge >= 0.3 is 6.03 Å². The number of carbonyl (C=O) groups is 1. The van der Waals surface area contributed by atoms with Crippen LogP contribution in [-0.2, 0) is 16.4 Å². The van der Waals surface area contributed by atoms with Crippen molar-refractivity contribution >= 4 is 33.2 Å². The zero-order valence-corrected chi connectivity index (χ0v) is 19.8. The number of halogens is 1. The maximum absolute atomic E-state index is 13.3. The number of carbonyl (C=O) groups excluding carboxylic acids is 1. The van der Waals surface area contributed by atoms with Crippen molar-refractivity contribution in [2.75, 3.05) is 30.0 Å². The number of urea groups is 1. The molecule has 3 aromatic carbocycles. The predicted molar refractivity (Wildman–Crippen MR) is 131 cm³/mol. The fourth-order valence-corrected chi connectivity index (χ4v) is 4.49. The van der Waals surface area contributed by atoms with Gasteiger partial charge in [-0.1, -0.05) is 54.1 Å². The van der Waals surface area contributed by atoms with Gasteiger partial charge in [-0.25, -0.2) is 13.2 Å². The lowest BCUT2D eigenvalue weighted by Gasteiger charge is -2.24. The summed E-state index contributed by atoms with van der Waals surface area (Å²) in [6.45, 7) is 0.955. The van der Waals surface area contributed by atoms with Crippen molar-refractivity contribution in [3.63, 3.8) is 0 Å². The molecular weight excluding hydrogens is 460 g/mol. The normalized spacial score (nSPS) is 16.3. The summed E-state index contributed by atoms with van der Waals surface area (Å²) in [6.07, 6.45) is 1.18. The van der Waals surface area contributed by atoms with E-state index in [9.17, 15) is 13.2 Å². The van der Waals surface area contributed by atoms with Crippen LogP contribution in [0.3, 0.4) is 0 Å². The van der Waals surface area contributed by atoms with Gasteiger partial charge < -0.3 is 9.64 Å². The molecule has 1 fully saturated rings. The lowest BCUT2D eigenvalue weighted by molar-refractivity contribution is 0.223. The monoisotopic (exact) mass is 484 g/mol. The second-order valence-corrected chi connectivity index (χ2v) is 10.8. The molecule has 0 aliphatic carbocycles. The third kappa shape index (κ3) is 5.86. The molecule has 3 aromatic rings. The molecule has 172 valence electrons. The minimum Gasteiger partial charge on any atom is -0.489 e. The summed E-state index contributed by atoms with van der Waals surface area (Å²) in [5.74, 6) is 0.620. The van der Waals surface area contributed by atoms with E-state index in [-0.39, 0.29) is 24.4 Å². The molecule has 1 aliphatic heterocycles. The van der Waals surface area contributed by atoms with Crippen LogP contribution in [0.5, 0.6) is 5.75 Å². The molecule has 1 saturated heterocycles. The number of hydrogen-bond acceptors (Lipinski definition) is 4. The molecule has 1 aliphatic rings. The van der Waals surface area contributed by atoms with E-state index in [1.54, 1.807) is 34.1 Å². The fraction of sp³-hybridized carbons (Fsp3) is 0.240. The SMILES string of the molecule is CS(=O)(=O)CCN1CC(c2cccc(OCc3ccccc3)c2)N(c2ccc(Cl)cc2)C1=O. The molecule has 1 unspecified atom stereocenters. The van der Waals surface area contributed by atoms with E-state index >= 15 is 0 Å². The largest absolute Gasteiger partial charge is 0.489 e. The van der Waals surface area contributed by atoms with Crippen LogP contribution in [0.2, 0.25) is 5.02 Å². The van der Waals surface area contributed by atoms with Crippen LogP contribution in [0.25, 0.3) is 0 Å². The van der Waals surface area contributed by atoms with Gasteiger partial charge in [-0.05, 0) is 47.5 Å². The van der Waals surface area contributed by atoms with Crippen LogP contribution in [-0.4, -0.2) is 44.4 Å². The van der Waals surface area contributed by atoms with Gasteiger partial charge in [0.05, 0.1) is 11.8 Å². The smallest absolute Gasteiger partial charge is 0.325 e. The summed E-state index contributed by atoms with van der Waals surface area (Å²) in [4.78, 5) is 16.6. The Morgan fingerprint density at radius 2 is 1.73 bits per heavy atom. The van der Waals surface area contributed by atoms with Crippen molar-refractivity contribution in [2.24, 2.45) is 0 Å². The van der Waals surface area contributed by atoms with Crippen molar-refractivity contribution in [2.45, 2.75) is 12.6 Å². The standard InChI is InChI=1S/C25H25ClN2O4S/c1-33(30,31)15-14-27-17-24(28(25(27)29)22-12-10-21(26)11-13-22)20-8-5-9-23(16-20)32-18-19-6-3-2-4-7-19/h2-13,16,24H,14-15,17-18H2,1H3. The molecule has 4 rings (SSSR count). The fourth-order valence-electron chi connectivity index (χ4n) is 3.82. The molecular formula is C25H25ClN2O4S. The van der Waals surface area contributed by atoms with Gasteiger partial charge in [0, 0.05) is 30.1 Å². The zero-order chi connectivity index (χ0) is 23.4. The van der Waals surface area contributed by atoms with Crippen LogP contribution in [0.15, 0.2) is 78.9 Å². The number of ether oxygens (including phenoxy) is 1. The Morgan fingerprint density at radius 1 is 1.00 bits per heavy atom. The summed E-state index contributed by atoms with van der Waals surface area (Å²) in [7, 11) is -3.20.